The molecule has 0 N–H and O–H groups in total. The van der Waals surface area contributed by atoms with Crippen LogP contribution in [0.4, 0.5) is 0 Å². The molecule has 0 aromatic rings. The van der Waals surface area contributed by atoms with Crippen LogP contribution in [0.5, 0.6) is 0 Å². The first-order valence-electron chi connectivity index (χ1n) is 1.56. The summed E-state index contributed by atoms with van der Waals surface area (Å²) in [4.78, 5) is 9.13. The van der Waals surface area contributed by atoms with E-state index >= 15 is 0 Å². The van der Waals surface area contributed by atoms with Crippen molar-refractivity contribution in [2.45, 2.75) is 20.0 Å². The molecule has 0 aromatic carbocycles. The fourth-order valence-electron chi connectivity index (χ4n) is 0. The van der Waals surface area contributed by atoms with E-state index in [0.717, 1.165) is 0 Å². The van der Waals surface area contributed by atoms with Crippen molar-refractivity contribution in [1.29, 1.82) is 0 Å². The highest BCUT2D eigenvalue weighted by Gasteiger charge is 1.98. The van der Waals surface area contributed by atoms with E-state index in [4.69, 9.17) is 4.96 Å². The highest BCUT2D eigenvalue weighted by atomic mass is 16.8. The minimum Gasteiger partial charge on any atom is 0.0307 e. The summed E-state index contributed by atoms with van der Waals surface area (Å²) in [6, 6.07) is 0. The fourth-order valence-corrected chi connectivity index (χ4v) is 0. The van der Waals surface area contributed by atoms with Crippen LogP contribution in [0.1, 0.15) is 13.8 Å². The molecule has 0 aliphatic heterocycles. The van der Waals surface area contributed by atoms with Crippen molar-refractivity contribution in [2.75, 3.05) is 0 Å². The molecule has 0 atom stereocenters. The van der Waals surface area contributed by atoms with Crippen LogP contribution in [0, 0.1) is 9.56 Å². The van der Waals surface area contributed by atoms with E-state index in [1.807, 2.05) is 0 Å². The topological polar surface area (TPSA) is 28.4 Å². The summed E-state index contributed by atoms with van der Waals surface area (Å²) in [7, 11) is 0. The van der Waals surface area contributed by atoms with Crippen molar-refractivity contribution in [3.8, 4) is 0 Å². The molecule has 30 valence electrons. The number of rotatable bonds is 1. The summed E-state index contributed by atoms with van der Waals surface area (Å²) >= 11 is 0. The van der Waals surface area contributed by atoms with Gasteiger partial charge in [-0.1, -0.05) is 0 Å². The third-order valence-corrected chi connectivity index (χ3v) is 0.192. The minimum atomic E-state index is -0.171. The molecule has 0 aliphatic rings. The molecule has 2 heteroatoms. The first kappa shape index (κ1) is 4.60. The Labute approximate surface area is 30.7 Å². The lowest BCUT2D eigenvalue weighted by Crippen LogP contribution is -1.84. The van der Waals surface area contributed by atoms with Gasteiger partial charge in [-0.05, 0) is 0 Å². The predicted molar refractivity (Wildman–Crippen MR) is 21.9 cm³/mol. The Hall–Kier alpha value is -0.400. The van der Waals surface area contributed by atoms with E-state index in [1.165, 1.54) is 0 Å². The van der Waals surface area contributed by atoms with Gasteiger partial charge in [0.2, 0.25) is 4.96 Å². The fraction of sp³-hybridized carbons (Fsp3) is 1.00. The molecule has 0 aromatic heterocycles. The van der Waals surface area contributed by atoms with Gasteiger partial charge in [0.15, 0.2) is 0 Å². The summed E-state index contributed by atoms with van der Waals surface area (Å²) in [5.41, 5.74) is 0. The van der Waals surface area contributed by atoms with Gasteiger partial charge in [-0.25, -0.2) is 0 Å². The molecule has 0 saturated heterocycles. The minimum absolute atomic E-state index is 0.171. The van der Waals surface area contributed by atoms with Crippen molar-refractivity contribution >= 4 is 0 Å². The molecule has 0 spiro atoms. The van der Waals surface area contributed by atoms with E-state index in [0.29, 0.717) is 0 Å². The van der Waals surface area contributed by atoms with E-state index in [-0.39, 0.29) is 6.10 Å². The standard InChI is InChI=1S/C3H7O2/c1-3(2)5-4/h3H,1-2H3/q+1. The maximum Gasteiger partial charge on any atom is 0.345 e. The van der Waals surface area contributed by atoms with Crippen molar-refractivity contribution in [3.05, 3.63) is 9.56 Å². The van der Waals surface area contributed by atoms with Crippen LogP contribution in [0.15, 0.2) is 0 Å². The third kappa shape index (κ3) is 3.60. The van der Waals surface area contributed by atoms with Crippen molar-refractivity contribution in [3.63, 3.8) is 0 Å². The Morgan fingerprint density at radius 1 is 1.60 bits per heavy atom. The van der Waals surface area contributed by atoms with Gasteiger partial charge < -0.3 is 0 Å². The Kier molecular flexibility index (Phi) is 1.73. The van der Waals surface area contributed by atoms with Crippen LogP contribution < -0.4 is 0 Å². The molecule has 0 radical (unpaired) electrons. The van der Waals surface area contributed by atoms with Crippen LogP contribution in [0.3, 0.4) is 0 Å². The monoisotopic (exact) mass is 75.0 g/mol. The van der Waals surface area contributed by atoms with E-state index < -0.39 is 0 Å². The maximum atomic E-state index is 9.13. The molecule has 5 heavy (non-hydrogen) atoms. The molecule has 2 nitrogen and oxygen atoms in total. The SMILES string of the molecule is CC(C)[O+]=O. The van der Waals surface area contributed by atoms with Crippen molar-refractivity contribution in [2.24, 2.45) is 0 Å². The summed E-state index contributed by atoms with van der Waals surface area (Å²) in [5.74, 6) is 0. The number of hydrogen-bond acceptors (Lipinski definition) is 1. The van der Waals surface area contributed by atoms with Crippen LogP contribution in [0.2, 0.25) is 0 Å². The Bertz CT molecular complexity index is 31.9. The van der Waals surface area contributed by atoms with Gasteiger partial charge >= 0.3 is 6.10 Å². The molecular formula is C3H7O2+. The highest BCUT2D eigenvalue weighted by Crippen LogP contribution is 1.75. The van der Waals surface area contributed by atoms with Crippen LogP contribution in [-0.2, 0) is 0 Å². The number of hydrogen-bond donors (Lipinski definition) is 0. The average molecular weight is 75.1 g/mol. The first-order chi connectivity index (χ1) is 2.27. The Balaban J connectivity index is 2.83. The predicted octanol–water partition coefficient (Wildman–Crippen LogP) is 1.01. The largest absolute Gasteiger partial charge is 0.345 e. The van der Waals surface area contributed by atoms with Gasteiger partial charge in [0.05, 0.1) is 0 Å². The van der Waals surface area contributed by atoms with Gasteiger partial charge in [0, 0.05) is 18.4 Å². The molecule has 0 heterocycles. The summed E-state index contributed by atoms with van der Waals surface area (Å²) < 4.78 is 3.50. The molecule has 0 rings (SSSR count). The second-order valence-electron chi connectivity index (χ2n) is 1.14. The summed E-state index contributed by atoms with van der Waals surface area (Å²) in [5, 5.41) is 0. The van der Waals surface area contributed by atoms with Gasteiger partial charge in [0.1, 0.15) is 0 Å². The van der Waals surface area contributed by atoms with Crippen LogP contribution in [0.25, 0.3) is 0 Å². The second-order valence-corrected chi connectivity index (χ2v) is 1.14. The van der Waals surface area contributed by atoms with Gasteiger partial charge in [-0.2, -0.15) is 0 Å². The molecular weight excluding hydrogens is 68.0 g/mol. The van der Waals surface area contributed by atoms with Crippen molar-refractivity contribution in [1.82, 2.24) is 0 Å². The van der Waals surface area contributed by atoms with Gasteiger partial charge in [-0.15, -0.1) is 0 Å². The normalized spacial score (nSPS) is 8.60. The molecule has 0 unspecified atom stereocenters. The second kappa shape index (κ2) is 1.88. The lowest BCUT2D eigenvalue weighted by molar-refractivity contribution is 0.971. The summed E-state index contributed by atoms with van der Waals surface area (Å²) in [6.07, 6.45) is -0.171. The van der Waals surface area contributed by atoms with E-state index in [9.17, 15) is 0 Å². The first-order valence-corrected chi connectivity index (χ1v) is 1.56. The molecule has 0 bridgehead atoms. The van der Waals surface area contributed by atoms with Gasteiger partial charge in [-0.3, -0.25) is 0 Å². The zero-order valence-electron chi connectivity index (χ0n) is 3.39. The van der Waals surface area contributed by atoms with E-state index in [2.05, 4.69) is 4.60 Å². The lowest BCUT2D eigenvalue weighted by Gasteiger charge is -1.61. The van der Waals surface area contributed by atoms with Crippen LogP contribution >= 0.6 is 0 Å². The molecule has 0 saturated carbocycles. The quantitative estimate of drug-likeness (QED) is 0.427. The van der Waals surface area contributed by atoms with Gasteiger partial charge in [0.25, 0.3) is 0 Å². The maximum absolute atomic E-state index is 9.13. The van der Waals surface area contributed by atoms with E-state index in [1.54, 1.807) is 13.8 Å². The zero-order valence-corrected chi connectivity index (χ0v) is 3.39. The zero-order chi connectivity index (χ0) is 4.28. The molecule has 0 amide bonds. The average Bonchev–Trinajstić information content (AvgIpc) is 1.38. The lowest BCUT2D eigenvalue weighted by atomic mass is 10.5. The Morgan fingerprint density at radius 2 is 1.80 bits per heavy atom. The van der Waals surface area contributed by atoms with Crippen LogP contribution in [-0.4, -0.2) is 6.10 Å². The highest BCUT2D eigenvalue weighted by molar-refractivity contribution is 4.70. The molecule has 0 fully saturated rings. The van der Waals surface area contributed by atoms with Crippen molar-refractivity contribution < 1.29 is 0 Å². The summed E-state index contributed by atoms with van der Waals surface area (Å²) in [6.45, 7) is 3.38. The molecule has 0 aliphatic carbocycles. The Morgan fingerprint density at radius 3 is 1.80 bits per heavy atom. The smallest absolute Gasteiger partial charge is 0.0307 e. The third-order valence-electron chi connectivity index (χ3n) is 0.192.